The molecule has 0 amide bonds. The van der Waals surface area contributed by atoms with Crippen molar-refractivity contribution in [3.63, 3.8) is 0 Å². The van der Waals surface area contributed by atoms with Crippen molar-refractivity contribution in [2.75, 3.05) is 26.2 Å². The Kier molecular flexibility index (Phi) is 4.24. The molecule has 16 heavy (non-hydrogen) atoms. The summed E-state index contributed by atoms with van der Waals surface area (Å²) in [5, 5.41) is 0. The molecule has 0 spiro atoms. The van der Waals surface area contributed by atoms with Gasteiger partial charge in [0.05, 0.1) is 4.47 Å². The summed E-state index contributed by atoms with van der Waals surface area (Å²) in [5.41, 5.74) is 1.24. The third-order valence-corrected chi connectivity index (χ3v) is 3.61. The minimum absolute atomic E-state index is 0.780. The van der Waals surface area contributed by atoms with E-state index in [2.05, 4.69) is 39.9 Å². The van der Waals surface area contributed by atoms with Gasteiger partial charge in [0.2, 0.25) is 0 Å². The van der Waals surface area contributed by atoms with Crippen molar-refractivity contribution in [2.24, 2.45) is 0 Å². The largest absolute Gasteiger partial charge is 0.491 e. The highest BCUT2D eigenvalue weighted by molar-refractivity contribution is 9.10. The molecule has 0 atom stereocenters. The normalized spacial score (nSPS) is 16.6. The smallest absolute Gasteiger partial charge is 0.133 e. The Hall–Kier alpha value is -0.540. The van der Waals surface area contributed by atoms with Crippen LogP contribution >= 0.6 is 15.9 Å². The fourth-order valence-corrected chi connectivity index (χ4v) is 2.37. The SMILES string of the molecule is Cc1ccc(Br)c(OCCN2CCCC2)c1. The highest BCUT2D eigenvalue weighted by atomic mass is 79.9. The van der Waals surface area contributed by atoms with Crippen molar-refractivity contribution >= 4 is 15.9 Å². The fourth-order valence-electron chi connectivity index (χ4n) is 2.01. The van der Waals surface area contributed by atoms with E-state index in [-0.39, 0.29) is 0 Å². The van der Waals surface area contributed by atoms with Crippen LogP contribution < -0.4 is 4.74 Å². The molecule has 1 fully saturated rings. The third-order valence-electron chi connectivity index (χ3n) is 2.95. The zero-order valence-electron chi connectivity index (χ0n) is 9.71. The molecule has 0 bridgehead atoms. The summed E-state index contributed by atoms with van der Waals surface area (Å²) < 4.78 is 6.83. The number of nitrogens with zero attached hydrogens (tertiary/aromatic N) is 1. The van der Waals surface area contributed by atoms with E-state index in [0.717, 1.165) is 23.4 Å². The van der Waals surface area contributed by atoms with Gasteiger partial charge in [-0.25, -0.2) is 0 Å². The number of aryl methyl sites for hydroxylation is 1. The third kappa shape index (κ3) is 3.22. The average molecular weight is 284 g/mol. The van der Waals surface area contributed by atoms with Crippen LogP contribution in [0.15, 0.2) is 22.7 Å². The Morgan fingerprint density at radius 2 is 2.06 bits per heavy atom. The molecule has 1 saturated heterocycles. The van der Waals surface area contributed by atoms with Crippen LogP contribution in [0.5, 0.6) is 5.75 Å². The minimum Gasteiger partial charge on any atom is -0.491 e. The Balaban J connectivity index is 1.82. The van der Waals surface area contributed by atoms with Gasteiger partial charge in [0.1, 0.15) is 12.4 Å². The zero-order chi connectivity index (χ0) is 11.4. The predicted molar refractivity (Wildman–Crippen MR) is 70.0 cm³/mol. The monoisotopic (exact) mass is 283 g/mol. The minimum atomic E-state index is 0.780. The second-order valence-electron chi connectivity index (χ2n) is 4.33. The van der Waals surface area contributed by atoms with Crippen LogP contribution in [0.1, 0.15) is 18.4 Å². The number of hydrogen-bond donors (Lipinski definition) is 0. The Morgan fingerprint density at radius 1 is 1.31 bits per heavy atom. The van der Waals surface area contributed by atoms with Crippen molar-refractivity contribution in [1.29, 1.82) is 0 Å². The molecular formula is C13H18BrNO. The van der Waals surface area contributed by atoms with Crippen LogP contribution in [0.25, 0.3) is 0 Å². The second-order valence-corrected chi connectivity index (χ2v) is 5.19. The molecule has 0 saturated carbocycles. The molecule has 0 N–H and O–H groups in total. The molecule has 0 aliphatic carbocycles. The summed E-state index contributed by atoms with van der Waals surface area (Å²) in [6.07, 6.45) is 2.68. The molecule has 1 aromatic rings. The van der Waals surface area contributed by atoms with E-state index in [4.69, 9.17) is 4.74 Å². The van der Waals surface area contributed by atoms with Gasteiger partial charge in [-0.1, -0.05) is 6.07 Å². The maximum Gasteiger partial charge on any atom is 0.133 e. The molecule has 1 aromatic carbocycles. The first-order chi connectivity index (χ1) is 7.75. The first-order valence-corrected chi connectivity index (χ1v) is 6.66. The molecule has 0 radical (unpaired) electrons. The van der Waals surface area contributed by atoms with E-state index >= 15 is 0 Å². The zero-order valence-corrected chi connectivity index (χ0v) is 11.3. The van der Waals surface area contributed by atoms with Gasteiger partial charge in [0, 0.05) is 6.54 Å². The highest BCUT2D eigenvalue weighted by Crippen LogP contribution is 2.25. The number of benzene rings is 1. The fraction of sp³-hybridized carbons (Fsp3) is 0.538. The van der Waals surface area contributed by atoms with Crippen molar-refractivity contribution in [3.8, 4) is 5.75 Å². The molecule has 1 aliphatic rings. The van der Waals surface area contributed by atoms with Gasteiger partial charge in [-0.05, 0) is 66.5 Å². The van der Waals surface area contributed by atoms with Crippen molar-refractivity contribution in [1.82, 2.24) is 4.90 Å². The standard InChI is InChI=1S/C13H18BrNO/c1-11-4-5-12(14)13(10-11)16-9-8-15-6-2-3-7-15/h4-5,10H,2-3,6-9H2,1H3. The first-order valence-electron chi connectivity index (χ1n) is 5.87. The summed E-state index contributed by atoms with van der Waals surface area (Å²) in [7, 11) is 0. The number of ether oxygens (including phenoxy) is 1. The van der Waals surface area contributed by atoms with Gasteiger partial charge in [-0.3, -0.25) is 4.90 Å². The van der Waals surface area contributed by atoms with E-state index < -0.39 is 0 Å². The molecular weight excluding hydrogens is 266 g/mol. The van der Waals surface area contributed by atoms with E-state index in [9.17, 15) is 0 Å². The summed E-state index contributed by atoms with van der Waals surface area (Å²) in [5.74, 6) is 0.958. The van der Waals surface area contributed by atoms with Gasteiger partial charge >= 0.3 is 0 Å². The number of rotatable bonds is 4. The molecule has 88 valence electrons. The van der Waals surface area contributed by atoms with Crippen LogP contribution in [-0.4, -0.2) is 31.1 Å². The summed E-state index contributed by atoms with van der Waals surface area (Å²) >= 11 is 3.51. The van der Waals surface area contributed by atoms with Gasteiger partial charge < -0.3 is 4.74 Å². The van der Waals surface area contributed by atoms with Gasteiger partial charge in [-0.15, -0.1) is 0 Å². The number of halogens is 1. The summed E-state index contributed by atoms with van der Waals surface area (Å²) in [6, 6.07) is 6.20. The van der Waals surface area contributed by atoms with Gasteiger partial charge in [0.25, 0.3) is 0 Å². The lowest BCUT2D eigenvalue weighted by Gasteiger charge is -2.15. The number of hydrogen-bond acceptors (Lipinski definition) is 2. The lowest BCUT2D eigenvalue weighted by Crippen LogP contribution is -2.25. The maximum atomic E-state index is 5.79. The lowest BCUT2D eigenvalue weighted by molar-refractivity contribution is 0.237. The second kappa shape index (κ2) is 5.69. The maximum absolute atomic E-state index is 5.79. The number of likely N-dealkylation sites (tertiary alicyclic amines) is 1. The van der Waals surface area contributed by atoms with Gasteiger partial charge in [-0.2, -0.15) is 0 Å². The Labute approximate surface area is 106 Å². The summed E-state index contributed by atoms with van der Waals surface area (Å²) in [4.78, 5) is 2.46. The van der Waals surface area contributed by atoms with Crippen molar-refractivity contribution in [3.05, 3.63) is 28.2 Å². The van der Waals surface area contributed by atoms with Crippen molar-refractivity contribution < 1.29 is 4.74 Å². The molecule has 2 nitrogen and oxygen atoms in total. The predicted octanol–water partition coefficient (Wildman–Crippen LogP) is 3.23. The molecule has 1 aliphatic heterocycles. The first kappa shape index (κ1) is 11.9. The molecule has 2 rings (SSSR count). The Morgan fingerprint density at radius 3 is 2.81 bits per heavy atom. The van der Waals surface area contributed by atoms with E-state index in [1.54, 1.807) is 0 Å². The highest BCUT2D eigenvalue weighted by Gasteiger charge is 2.11. The van der Waals surface area contributed by atoms with Crippen LogP contribution in [0.4, 0.5) is 0 Å². The van der Waals surface area contributed by atoms with E-state index in [1.165, 1.54) is 31.5 Å². The van der Waals surface area contributed by atoms with E-state index in [1.807, 2.05) is 6.07 Å². The molecule has 0 aromatic heterocycles. The molecule has 3 heteroatoms. The lowest BCUT2D eigenvalue weighted by atomic mass is 10.2. The molecule has 0 unspecified atom stereocenters. The quantitative estimate of drug-likeness (QED) is 0.841. The molecule has 1 heterocycles. The topological polar surface area (TPSA) is 12.5 Å². The average Bonchev–Trinajstić information content (AvgIpc) is 2.76. The van der Waals surface area contributed by atoms with Crippen LogP contribution in [0.2, 0.25) is 0 Å². The van der Waals surface area contributed by atoms with Crippen LogP contribution in [0.3, 0.4) is 0 Å². The van der Waals surface area contributed by atoms with Crippen molar-refractivity contribution in [2.45, 2.75) is 19.8 Å². The van der Waals surface area contributed by atoms with E-state index in [0.29, 0.717) is 0 Å². The summed E-state index contributed by atoms with van der Waals surface area (Å²) in [6.45, 7) is 6.37. The van der Waals surface area contributed by atoms with Crippen LogP contribution in [-0.2, 0) is 0 Å². The Bertz CT molecular complexity index is 348. The van der Waals surface area contributed by atoms with Gasteiger partial charge in [0.15, 0.2) is 0 Å². The van der Waals surface area contributed by atoms with Crippen LogP contribution in [0, 0.1) is 6.92 Å².